The lowest BCUT2D eigenvalue weighted by Gasteiger charge is -2.38. The molecular weight excluding hydrogens is 292 g/mol. The van der Waals surface area contributed by atoms with Crippen LogP contribution in [0.1, 0.15) is 18.9 Å². The van der Waals surface area contributed by atoms with Crippen molar-refractivity contribution in [1.29, 1.82) is 0 Å². The molecule has 0 radical (unpaired) electrons. The van der Waals surface area contributed by atoms with E-state index >= 15 is 0 Å². The molecule has 1 saturated heterocycles. The zero-order valence-corrected chi connectivity index (χ0v) is 12.6. The van der Waals surface area contributed by atoms with Crippen molar-refractivity contribution in [2.24, 2.45) is 5.73 Å². The molecule has 0 aromatic heterocycles. The Labute approximate surface area is 117 Å². The summed E-state index contributed by atoms with van der Waals surface area (Å²) in [5.74, 6) is 0. The molecule has 100 valence electrons. The first kappa shape index (κ1) is 13.8. The van der Waals surface area contributed by atoms with Gasteiger partial charge in [0.25, 0.3) is 0 Å². The molecule has 2 rings (SSSR count). The van der Waals surface area contributed by atoms with Crippen molar-refractivity contribution >= 4 is 21.6 Å². The van der Waals surface area contributed by atoms with E-state index in [2.05, 4.69) is 52.9 Å². The van der Waals surface area contributed by atoms with Gasteiger partial charge in [-0.15, -0.1) is 0 Å². The second kappa shape index (κ2) is 6.04. The Bertz CT molecular complexity index is 411. The molecule has 0 spiro atoms. The van der Waals surface area contributed by atoms with Crippen molar-refractivity contribution < 1.29 is 4.74 Å². The molecule has 0 amide bonds. The normalized spacial score (nSPS) is 24.3. The highest BCUT2D eigenvalue weighted by molar-refractivity contribution is 9.10. The highest BCUT2D eigenvalue weighted by Crippen LogP contribution is 2.29. The van der Waals surface area contributed by atoms with Gasteiger partial charge >= 0.3 is 0 Å². The van der Waals surface area contributed by atoms with E-state index in [-0.39, 0.29) is 12.2 Å². The summed E-state index contributed by atoms with van der Waals surface area (Å²) in [6, 6.07) is 6.49. The Morgan fingerprint density at radius 2 is 2.22 bits per heavy atom. The average molecular weight is 313 g/mol. The Balaban J connectivity index is 2.16. The monoisotopic (exact) mass is 312 g/mol. The minimum atomic E-state index is 0.243. The van der Waals surface area contributed by atoms with E-state index in [0.717, 1.165) is 24.0 Å². The van der Waals surface area contributed by atoms with E-state index in [9.17, 15) is 0 Å². The SMILES string of the molecule is Cc1ccc(N2CC(C)OC(CCN)C2)c(Br)c1. The summed E-state index contributed by atoms with van der Waals surface area (Å²) in [6.45, 7) is 6.76. The van der Waals surface area contributed by atoms with Crippen LogP contribution in [-0.4, -0.2) is 31.8 Å². The molecule has 1 heterocycles. The lowest BCUT2D eigenvalue weighted by Crippen LogP contribution is -2.47. The fourth-order valence-corrected chi connectivity index (χ4v) is 3.20. The third-order valence-electron chi connectivity index (χ3n) is 3.26. The van der Waals surface area contributed by atoms with Crippen molar-refractivity contribution in [3.05, 3.63) is 28.2 Å². The van der Waals surface area contributed by atoms with Gasteiger partial charge in [0.15, 0.2) is 0 Å². The number of nitrogens with zero attached hydrogens (tertiary/aromatic N) is 1. The molecule has 4 heteroatoms. The van der Waals surface area contributed by atoms with Crippen molar-refractivity contribution in [2.75, 3.05) is 24.5 Å². The first-order valence-electron chi connectivity index (χ1n) is 6.46. The molecule has 2 N–H and O–H groups in total. The zero-order chi connectivity index (χ0) is 13.1. The maximum absolute atomic E-state index is 5.91. The van der Waals surface area contributed by atoms with Gasteiger partial charge in [0.05, 0.1) is 17.9 Å². The number of aryl methyl sites for hydroxylation is 1. The van der Waals surface area contributed by atoms with E-state index in [4.69, 9.17) is 10.5 Å². The van der Waals surface area contributed by atoms with E-state index in [0.29, 0.717) is 6.54 Å². The summed E-state index contributed by atoms with van der Waals surface area (Å²) < 4.78 is 7.06. The lowest BCUT2D eigenvalue weighted by atomic mass is 10.1. The predicted octanol–water partition coefficient (Wildman–Crippen LogP) is 2.70. The van der Waals surface area contributed by atoms with Gasteiger partial charge < -0.3 is 15.4 Å². The van der Waals surface area contributed by atoms with Crippen LogP contribution in [0.3, 0.4) is 0 Å². The van der Waals surface area contributed by atoms with Crippen LogP contribution in [0.2, 0.25) is 0 Å². The Kier molecular flexibility index (Phi) is 4.65. The van der Waals surface area contributed by atoms with Crippen molar-refractivity contribution in [2.45, 2.75) is 32.5 Å². The summed E-state index contributed by atoms with van der Waals surface area (Å²) in [6.07, 6.45) is 1.42. The van der Waals surface area contributed by atoms with Crippen LogP contribution >= 0.6 is 15.9 Å². The number of benzene rings is 1. The molecule has 0 aliphatic carbocycles. The van der Waals surface area contributed by atoms with Gasteiger partial charge in [-0.1, -0.05) is 6.07 Å². The molecule has 1 aliphatic rings. The van der Waals surface area contributed by atoms with Crippen LogP contribution in [-0.2, 0) is 4.74 Å². The van der Waals surface area contributed by atoms with Crippen molar-refractivity contribution in [3.63, 3.8) is 0 Å². The van der Waals surface area contributed by atoms with Crippen LogP contribution in [0.15, 0.2) is 22.7 Å². The average Bonchev–Trinajstić information content (AvgIpc) is 2.28. The summed E-state index contributed by atoms with van der Waals surface area (Å²) in [4.78, 5) is 2.39. The number of halogens is 1. The molecule has 0 saturated carbocycles. The van der Waals surface area contributed by atoms with Gasteiger partial charge in [0.2, 0.25) is 0 Å². The van der Waals surface area contributed by atoms with Crippen LogP contribution in [0.25, 0.3) is 0 Å². The summed E-state index contributed by atoms with van der Waals surface area (Å²) in [7, 11) is 0. The largest absolute Gasteiger partial charge is 0.372 e. The molecule has 1 aromatic rings. The van der Waals surface area contributed by atoms with Crippen molar-refractivity contribution in [1.82, 2.24) is 0 Å². The Hall–Kier alpha value is -0.580. The number of anilines is 1. The van der Waals surface area contributed by atoms with Gasteiger partial charge in [-0.2, -0.15) is 0 Å². The summed E-state index contributed by atoms with van der Waals surface area (Å²) in [5.41, 5.74) is 8.15. The summed E-state index contributed by atoms with van der Waals surface area (Å²) in [5, 5.41) is 0. The van der Waals surface area contributed by atoms with Crippen LogP contribution in [0.4, 0.5) is 5.69 Å². The fourth-order valence-electron chi connectivity index (χ4n) is 2.46. The highest BCUT2D eigenvalue weighted by Gasteiger charge is 2.25. The number of morpholine rings is 1. The van der Waals surface area contributed by atoms with Gasteiger partial charge in [0, 0.05) is 17.6 Å². The number of ether oxygens (including phenoxy) is 1. The maximum atomic E-state index is 5.91. The quantitative estimate of drug-likeness (QED) is 0.932. The first-order chi connectivity index (χ1) is 8.60. The number of hydrogen-bond donors (Lipinski definition) is 1. The minimum absolute atomic E-state index is 0.243. The molecule has 2 atom stereocenters. The van der Waals surface area contributed by atoms with Gasteiger partial charge in [-0.05, 0) is 60.4 Å². The number of rotatable bonds is 3. The van der Waals surface area contributed by atoms with Crippen LogP contribution in [0, 0.1) is 6.92 Å². The van der Waals surface area contributed by atoms with Crippen LogP contribution < -0.4 is 10.6 Å². The van der Waals surface area contributed by atoms with Crippen molar-refractivity contribution in [3.8, 4) is 0 Å². The third kappa shape index (κ3) is 3.25. The number of nitrogens with two attached hydrogens (primary N) is 1. The molecule has 1 aliphatic heterocycles. The molecule has 2 unspecified atom stereocenters. The smallest absolute Gasteiger partial charge is 0.0766 e. The third-order valence-corrected chi connectivity index (χ3v) is 3.89. The van der Waals surface area contributed by atoms with Gasteiger partial charge in [-0.3, -0.25) is 0 Å². The topological polar surface area (TPSA) is 38.5 Å². The molecule has 0 bridgehead atoms. The van der Waals surface area contributed by atoms with E-state index in [1.54, 1.807) is 0 Å². The molecule has 18 heavy (non-hydrogen) atoms. The standard InChI is InChI=1S/C14H21BrN2O/c1-10-3-4-14(13(15)7-10)17-8-11(2)18-12(9-17)5-6-16/h3-4,7,11-12H,5-6,8-9,16H2,1-2H3. The maximum Gasteiger partial charge on any atom is 0.0766 e. The Morgan fingerprint density at radius 1 is 1.44 bits per heavy atom. The molecule has 1 fully saturated rings. The van der Waals surface area contributed by atoms with E-state index in [1.165, 1.54) is 11.3 Å². The second-order valence-corrected chi connectivity index (χ2v) is 5.86. The summed E-state index contributed by atoms with van der Waals surface area (Å²) >= 11 is 3.65. The molecule has 3 nitrogen and oxygen atoms in total. The van der Waals surface area contributed by atoms with E-state index < -0.39 is 0 Å². The zero-order valence-electron chi connectivity index (χ0n) is 11.0. The predicted molar refractivity (Wildman–Crippen MR) is 79.1 cm³/mol. The highest BCUT2D eigenvalue weighted by atomic mass is 79.9. The van der Waals surface area contributed by atoms with Gasteiger partial charge in [0.1, 0.15) is 0 Å². The van der Waals surface area contributed by atoms with Gasteiger partial charge in [-0.25, -0.2) is 0 Å². The lowest BCUT2D eigenvalue weighted by molar-refractivity contribution is -0.0184. The molecular formula is C14H21BrN2O. The number of hydrogen-bond acceptors (Lipinski definition) is 3. The first-order valence-corrected chi connectivity index (χ1v) is 7.26. The van der Waals surface area contributed by atoms with E-state index in [1.807, 2.05) is 0 Å². The van der Waals surface area contributed by atoms with Crippen LogP contribution in [0.5, 0.6) is 0 Å². The minimum Gasteiger partial charge on any atom is -0.372 e. The second-order valence-electron chi connectivity index (χ2n) is 5.01. The molecule has 1 aromatic carbocycles. The Morgan fingerprint density at radius 3 is 2.89 bits per heavy atom. The fraction of sp³-hybridized carbons (Fsp3) is 0.571.